The van der Waals surface area contributed by atoms with Gasteiger partial charge in [-0.3, -0.25) is 0 Å². The molecule has 6 nitrogen and oxygen atoms in total. The number of esters is 1. The summed E-state index contributed by atoms with van der Waals surface area (Å²) in [4.78, 5) is 11.8. The first-order chi connectivity index (χ1) is 14.3. The van der Waals surface area contributed by atoms with Crippen molar-refractivity contribution in [2.45, 2.75) is 61.6 Å². The maximum absolute atomic E-state index is 11.8. The molecule has 0 heterocycles. The second-order valence-electron chi connectivity index (χ2n) is 8.40. The number of halogens is 3. The number of carbonyl (C=O) groups excluding carboxylic acids is 1. The number of benzene rings is 1. The Kier molecular flexibility index (Phi) is 12.1. The van der Waals surface area contributed by atoms with E-state index in [1.54, 1.807) is 0 Å². The molecule has 178 valence electrons. The highest BCUT2D eigenvalue weighted by atomic mass is 35.6. The Balaban J connectivity index is 2.63. The van der Waals surface area contributed by atoms with Crippen LogP contribution in [0.2, 0.25) is 0 Å². The molecule has 0 aliphatic heterocycles. The standard InChI is InChI=1S/C22H33Cl3O6/c1-20(2,10-12-26)30-13-11-21(3,4)31-18(17-8-6-5-7-9-17)14-28-15-19(27)29-16-22(23,24)25/h5-9,18,26H,10-16H2,1-4H3. The Hall–Kier alpha value is -0.600. The van der Waals surface area contributed by atoms with Crippen LogP contribution >= 0.6 is 34.8 Å². The van der Waals surface area contributed by atoms with Crippen LogP contribution in [0, 0.1) is 0 Å². The van der Waals surface area contributed by atoms with E-state index in [9.17, 15) is 4.79 Å². The number of alkyl halides is 3. The lowest BCUT2D eigenvalue weighted by atomic mass is 10.0. The van der Waals surface area contributed by atoms with Crippen LogP contribution in [0.25, 0.3) is 0 Å². The summed E-state index contributed by atoms with van der Waals surface area (Å²) in [5.74, 6) is -0.628. The van der Waals surface area contributed by atoms with Gasteiger partial charge in [-0.15, -0.1) is 0 Å². The van der Waals surface area contributed by atoms with Gasteiger partial charge in [0.2, 0.25) is 3.79 Å². The van der Waals surface area contributed by atoms with E-state index in [2.05, 4.69) is 0 Å². The fourth-order valence-corrected chi connectivity index (χ4v) is 2.84. The van der Waals surface area contributed by atoms with Crippen LogP contribution in [-0.2, 0) is 23.7 Å². The van der Waals surface area contributed by atoms with Crippen LogP contribution in [0.15, 0.2) is 30.3 Å². The molecule has 0 aromatic heterocycles. The third-order valence-corrected chi connectivity index (χ3v) is 4.76. The van der Waals surface area contributed by atoms with Crippen molar-refractivity contribution in [2.24, 2.45) is 0 Å². The summed E-state index contributed by atoms with van der Waals surface area (Å²) in [7, 11) is 0. The van der Waals surface area contributed by atoms with Crippen LogP contribution in [0.1, 0.15) is 52.2 Å². The van der Waals surface area contributed by atoms with Gasteiger partial charge in [0.15, 0.2) is 0 Å². The lowest BCUT2D eigenvalue weighted by molar-refractivity contribution is -0.154. The van der Waals surface area contributed by atoms with E-state index >= 15 is 0 Å². The molecule has 1 N–H and O–H groups in total. The summed E-state index contributed by atoms with van der Waals surface area (Å²) < 4.78 is 20.9. The van der Waals surface area contributed by atoms with E-state index in [1.165, 1.54) is 0 Å². The number of aliphatic hydroxyl groups is 1. The Bertz CT molecular complexity index is 646. The molecule has 0 aliphatic rings. The Morgan fingerprint density at radius 1 is 1.03 bits per heavy atom. The minimum Gasteiger partial charge on any atom is -0.459 e. The summed E-state index contributed by atoms with van der Waals surface area (Å²) >= 11 is 16.7. The molecular formula is C22H33Cl3O6. The van der Waals surface area contributed by atoms with Crippen LogP contribution in [0.5, 0.6) is 0 Å². The zero-order valence-corrected chi connectivity index (χ0v) is 20.8. The smallest absolute Gasteiger partial charge is 0.332 e. The highest BCUT2D eigenvalue weighted by Gasteiger charge is 2.27. The molecule has 1 atom stereocenters. The van der Waals surface area contributed by atoms with Crippen molar-refractivity contribution in [1.82, 2.24) is 0 Å². The minimum atomic E-state index is -1.66. The molecule has 0 bridgehead atoms. The number of hydrogen-bond donors (Lipinski definition) is 1. The molecular weight excluding hydrogens is 467 g/mol. The Morgan fingerprint density at radius 3 is 2.26 bits per heavy atom. The van der Waals surface area contributed by atoms with Gasteiger partial charge in [0.05, 0.1) is 24.4 Å². The fourth-order valence-electron chi connectivity index (χ4n) is 2.68. The van der Waals surface area contributed by atoms with Crippen LogP contribution in [0.3, 0.4) is 0 Å². The molecule has 0 radical (unpaired) electrons. The fraction of sp³-hybridized carbons (Fsp3) is 0.682. The Labute approximate surface area is 200 Å². The third-order valence-electron chi connectivity index (χ3n) is 4.43. The molecule has 0 saturated heterocycles. The molecule has 1 aromatic carbocycles. The highest BCUT2D eigenvalue weighted by Crippen LogP contribution is 2.28. The van der Waals surface area contributed by atoms with Crippen molar-refractivity contribution in [3.05, 3.63) is 35.9 Å². The first-order valence-electron chi connectivity index (χ1n) is 10.1. The van der Waals surface area contributed by atoms with Crippen LogP contribution < -0.4 is 0 Å². The normalized spacial score (nSPS) is 13.8. The number of hydrogen-bond acceptors (Lipinski definition) is 6. The van der Waals surface area contributed by atoms with Gasteiger partial charge in [-0.2, -0.15) is 0 Å². The van der Waals surface area contributed by atoms with Crippen molar-refractivity contribution in [1.29, 1.82) is 0 Å². The third kappa shape index (κ3) is 13.5. The SMILES string of the molecule is CC(C)(CCO)OCCC(C)(C)OC(COCC(=O)OCC(Cl)(Cl)Cl)c1ccccc1. The number of ether oxygens (including phenoxy) is 4. The van der Waals surface area contributed by atoms with Crippen molar-refractivity contribution < 1.29 is 28.8 Å². The molecule has 0 amide bonds. The quantitative estimate of drug-likeness (QED) is 0.286. The highest BCUT2D eigenvalue weighted by molar-refractivity contribution is 6.67. The first-order valence-corrected chi connectivity index (χ1v) is 11.2. The Morgan fingerprint density at radius 2 is 1.68 bits per heavy atom. The van der Waals surface area contributed by atoms with E-state index in [-0.39, 0.29) is 26.4 Å². The lowest BCUT2D eigenvalue weighted by Gasteiger charge is -2.33. The van der Waals surface area contributed by atoms with Gasteiger partial charge in [0, 0.05) is 6.61 Å². The maximum atomic E-state index is 11.8. The number of carbonyl (C=O) groups is 1. The van der Waals surface area contributed by atoms with E-state index in [0.29, 0.717) is 19.4 Å². The molecule has 0 fully saturated rings. The van der Waals surface area contributed by atoms with Gasteiger partial charge >= 0.3 is 5.97 Å². The summed E-state index contributed by atoms with van der Waals surface area (Å²) in [6, 6.07) is 9.61. The zero-order chi connectivity index (χ0) is 23.5. The minimum absolute atomic E-state index is 0.0738. The molecule has 31 heavy (non-hydrogen) atoms. The largest absolute Gasteiger partial charge is 0.459 e. The predicted octanol–water partition coefficient (Wildman–Crippen LogP) is 5.02. The topological polar surface area (TPSA) is 74.2 Å². The van der Waals surface area contributed by atoms with E-state index in [1.807, 2.05) is 58.0 Å². The molecule has 0 saturated carbocycles. The van der Waals surface area contributed by atoms with Gasteiger partial charge in [-0.25, -0.2) is 4.79 Å². The molecule has 1 unspecified atom stereocenters. The van der Waals surface area contributed by atoms with Gasteiger partial charge in [-0.05, 0) is 46.1 Å². The van der Waals surface area contributed by atoms with E-state index < -0.39 is 27.1 Å². The molecule has 0 aliphatic carbocycles. The average Bonchev–Trinajstić information content (AvgIpc) is 2.65. The van der Waals surface area contributed by atoms with Gasteiger partial charge < -0.3 is 24.1 Å². The summed E-state index contributed by atoms with van der Waals surface area (Å²) in [5, 5.41) is 9.13. The van der Waals surface area contributed by atoms with Crippen LogP contribution in [-0.4, -0.2) is 59.1 Å². The summed E-state index contributed by atoms with van der Waals surface area (Å²) in [5.41, 5.74) is 0.00126. The van der Waals surface area contributed by atoms with Crippen molar-refractivity contribution >= 4 is 40.8 Å². The van der Waals surface area contributed by atoms with Crippen molar-refractivity contribution in [2.75, 3.05) is 33.0 Å². The first kappa shape index (κ1) is 28.4. The van der Waals surface area contributed by atoms with Crippen molar-refractivity contribution in [3.8, 4) is 0 Å². The average molecular weight is 500 g/mol. The predicted molar refractivity (Wildman–Crippen MR) is 123 cm³/mol. The van der Waals surface area contributed by atoms with E-state index in [4.69, 9.17) is 58.9 Å². The van der Waals surface area contributed by atoms with E-state index in [0.717, 1.165) is 5.56 Å². The monoisotopic (exact) mass is 498 g/mol. The maximum Gasteiger partial charge on any atom is 0.332 e. The number of rotatable bonds is 14. The molecule has 9 heteroatoms. The zero-order valence-electron chi connectivity index (χ0n) is 18.5. The summed E-state index contributed by atoms with van der Waals surface area (Å²) in [6.07, 6.45) is 0.794. The molecule has 1 rings (SSSR count). The summed E-state index contributed by atoms with van der Waals surface area (Å²) in [6.45, 7) is 7.90. The molecule has 0 spiro atoms. The van der Waals surface area contributed by atoms with Gasteiger partial charge in [-0.1, -0.05) is 65.1 Å². The second-order valence-corrected chi connectivity index (χ2v) is 10.9. The molecule has 1 aromatic rings. The van der Waals surface area contributed by atoms with Gasteiger partial charge in [0.1, 0.15) is 19.3 Å². The number of aliphatic hydroxyl groups excluding tert-OH is 1. The van der Waals surface area contributed by atoms with Crippen molar-refractivity contribution in [3.63, 3.8) is 0 Å². The second kappa shape index (κ2) is 13.2. The van der Waals surface area contributed by atoms with Gasteiger partial charge in [0.25, 0.3) is 0 Å². The van der Waals surface area contributed by atoms with Crippen LogP contribution in [0.4, 0.5) is 0 Å². The lowest BCUT2D eigenvalue weighted by Crippen LogP contribution is -2.33.